The number of benzene rings is 3. The first-order valence-electron chi connectivity index (χ1n) is 11.6. The van der Waals surface area contributed by atoms with Crippen LogP contribution < -0.4 is 15.6 Å². The number of hydrogen-bond donors (Lipinski definition) is 1. The molecule has 5 nitrogen and oxygen atoms in total. The highest BCUT2D eigenvalue weighted by Crippen LogP contribution is 2.36. The number of hydrogen-bond acceptors (Lipinski definition) is 4. The second-order valence-corrected chi connectivity index (χ2v) is 8.60. The second-order valence-electron chi connectivity index (χ2n) is 8.60. The molecule has 0 aliphatic rings. The number of nitrogens with one attached hydrogen (secondary N) is 1. The van der Waals surface area contributed by atoms with E-state index >= 15 is 0 Å². The SMILES string of the molecule is CN(Cc1cc(C(F)(F)F)c2c(=O)cc(Nc3ccccc3)n(-c3ccccc3)c2n1)c1ccccc1. The summed E-state index contributed by atoms with van der Waals surface area (Å²) < 4.78 is 44.5. The van der Waals surface area contributed by atoms with E-state index in [1.54, 1.807) is 35.9 Å². The Morgan fingerprint density at radius 3 is 2.08 bits per heavy atom. The smallest absolute Gasteiger partial charge is 0.369 e. The maximum Gasteiger partial charge on any atom is 0.417 e. The average molecular weight is 501 g/mol. The zero-order chi connectivity index (χ0) is 26.0. The lowest BCUT2D eigenvalue weighted by atomic mass is 10.1. The number of para-hydroxylation sites is 3. The van der Waals surface area contributed by atoms with Gasteiger partial charge < -0.3 is 10.2 Å². The van der Waals surface area contributed by atoms with E-state index in [-0.39, 0.29) is 17.9 Å². The van der Waals surface area contributed by atoms with E-state index in [9.17, 15) is 18.0 Å². The van der Waals surface area contributed by atoms with Crippen molar-refractivity contribution in [2.45, 2.75) is 12.7 Å². The van der Waals surface area contributed by atoms with Crippen LogP contribution in [0.4, 0.5) is 30.4 Å². The van der Waals surface area contributed by atoms with Crippen LogP contribution in [0.5, 0.6) is 0 Å². The molecule has 2 aromatic heterocycles. The number of aromatic nitrogens is 2. The molecule has 37 heavy (non-hydrogen) atoms. The van der Waals surface area contributed by atoms with Gasteiger partial charge in [-0.15, -0.1) is 0 Å². The fourth-order valence-corrected chi connectivity index (χ4v) is 4.28. The van der Waals surface area contributed by atoms with Crippen molar-refractivity contribution in [1.29, 1.82) is 0 Å². The summed E-state index contributed by atoms with van der Waals surface area (Å²) in [5.41, 5.74) is 0.439. The summed E-state index contributed by atoms with van der Waals surface area (Å²) in [7, 11) is 1.78. The monoisotopic (exact) mass is 500 g/mol. The van der Waals surface area contributed by atoms with Crippen LogP contribution in [0.3, 0.4) is 0 Å². The molecule has 1 N–H and O–H groups in total. The maximum absolute atomic E-state index is 14.3. The Hall–Kier alpha value is -4.59. The fraction of sp³-hybridized carbons (Fsp3) is 0.103. The second kappa shape index (κ2) is 9.81. The molecule has 186 valence electrons. The lowest BCUT2D eigenvalue weighted by Crippen LogP contribution is -2.22. The minimum Gasteiger partial charge on any atom is -0.369 e. The van der Waals surface area contributed by atoms with Crippen molar-refractivity contribution >= 4 is 28.2 Å². The van der Waals surface area contributed by atoms with Gasteiger partial charge in [-0.05, 0) is 42.5 Å². The summed E-state index contributed by atoms with van der Waals surface area (Å²) in [6, 6.07) is 29.5. The molecule has 0 saturated heterocycles. The predicted octanol–water partition coefficient (Wildman–Crippen LogP) is 6.78. The quantitative estimate of drug-likeness (QED) is 0.279. The van der Waals surface area contributed by atoms with E-state index < -0.39 is 22.6 Å². The van der Waals surface area contributed by atoms with Crippen molar-refractivity contribution in [2.75, 3.05) is 17.3 Å². The topological polar surface area (TPSA) is 50.2 Å². The molecule has 0 fully saturated rings. The number of pyridine rings is 2. The van der Waals surface area contributed by atoms with Gasteiger partial charge in [0.05, 0.1) is 23.2 Å². The standard InChI is InChI=1S/C29H23F3N4O/c1-35(22-13-7-3-8-14-22)19-21-17-24(29(30,31)32)27-25(37)18-26(33-20-11-5-2-6-12-20)36(28(27)34-21)23-15-9-4-10-16-23/h2-18,33H,19H2,1H3. The van der Waals surface area contributed by atoms with Crippen LogP contribution in [-0.2, 0) is 12.7 Å². The normalized spacial score (nSPS) is 11.5. The Labute approximate surface area is 211 Å². The molecule has 2 heterocycles. The lowest BCUT2D eigenvalue weighted by Gasteiger charge is -2.22. The van der Waals surface area contributed by atoms with Gasteiger partial charge in [0.1, 0.15) is 5.82 Å². The Kier molecular flexibility index (Phi) is 6.40. The predicted molar refractivity (Wildman–Crippen MR) is 141 cm³/mol. The number of halogens is 3. The number of anilines is 3. The highest BCUT2D eigenvalue weighted by atomic mass is 19.4. The van der Waals surface area contributed by atoms with Gasteiger partial charge in [0, 0.05) is 30.2 Å². The van der Waals surface area contributed by atoms with E-state index in [1.807, 2.05) is 71.6 Å². The number of rotatable bonds is 6. The summed E-state index contributed by atoms with van der Waals surface area (Å²) in [5.74, 6) is 0.309. The zero-order valence-corrected chi connectivity index (χ0v) is 19.9. The third-order valence-corrected chi connectivity index (χ3v) is 5.98. The Morgan fingerprint density at radius 2 is 1.46 bits per heavy atom. The third-order valence-electron chi connectivity index (χ3n) is 5.98. The third kappa shape index (κ3) is 5.04. The summed E-state index contributed by atoms with van der Waals surface area (Å²) in [6.45, 7) is 0.113. The molecule has 0 bridgehead atoms. The highest BCUT2D eigenvalue weighted by molar-refractivity contribution is 5.84. The number of nitrogens with zero attached hydrogens (tertiary/aromatic N) is 3. The van der Waals surface area contributed by atoms with Gasteiger partial charge in [0.25, 0.3) is 0 Å². The van der Waals surface area contributed by atoms with E-state index in [2.05, 4.69) is 10.3 Å². The first-order valence-corrected chi connectivity index (χ1v) is 11.6. The molecule has 5 aromatic rings. The summed E-state index contributed by atoms with van der Waals surface area (Å²) in [4.78, 5) is 19.6. The Morgan fingerprint density at radius 1 is 0.865 bits per heavy atom. The summed E-state index contributed by atoms with van der Waals surface area (Å²) in [5, 5.41) is 2.71. The Balaban J connectivity index is 1.77. The first-order chi connectivity index (χ1) is 17.8. The molecule has 0 aliphatic heterocycles. The van der Waals surface area contributed by atoms with E-state index in [0.29, 0.717) is 17.2 Å². The van der Waals surface area contributed by atoms with Crippen LogP contribution in [-0.4, -0.2) is 16.6 Å². The van der Waals surface area contributed by atoms with E-state index in [1.165, 1.54) is 6.07 Å². The van der Waals surface area contributed by atoms with E-state index in [0.717, 1.165) is 11.8 Å². The van der Waals surface area contributed by atoms with Crippen LogP contribution in [0, 0.1) is 0 Å². The summed E-state index contributed by atoms with van der Waals surface area (Å²) in [6.07, 6.45) is -4.75. The molecule has 3 aromatic carbocycles. The van der Waals surface area contributed by atoms with Crippen LogP contribution in [0.2, 0.25) is 0 Å². The molecule has 0 unspecified atom stereocenters. The molecular formula is C29H23F3N4O. The molecule has 0 radical (unpaired) electrons. The molecular weight excluding hydrogens is 477 g/mol. The molecule has 0 saturated carbocycles. The van der Waals surface area contributed by atoms with Gasteiger partial charge in [-0.25, -0.2) is 4.98 Å². The molecule has 8 heteroatoms. The van der Waals surface area contributed by atoms with Crippen LogP contribution in [0.15, 0.2) is 108 Å². The Bertz CT molecular complexity index is 1590. The van der Waals surface area contributed by atoms with Gasteiger partial charge in [-0.3, -0.25) is 9.36 Å². The van der Waals surface area contributed by atoms with Crippen molar-refractivity contribution < 1.29 is 13.2 Å². The zero-order valence-electron chi connectivity index (χ0n) is 19.9. The van der Waals surface area contributed by atoms with Gasteiger partial charge in [0.2, 0.25) is 0 Å². The van der Waals surface area contributed by atoms with Crippen molar-refractivity contribution in [2.24, 2.45) is 0 Å². The van der Waals surface area contributed by atoms with Gasteiger partial charge in [-0.1, -0.05) is 54.6 Å². The minimum atomic E-state index is -4.75. The fourth-order valence-electron chi connectivity index (χ4n) is 4.28. The van der Waals surface area contributed by atoms with E-state index in [4.69, 9.17) is 0 Å². The molecule has 0 aliphatic carbocycles. The highest BCUT2D eigenvalue weighted by Gasteiger charge is 2.35. The molecule has 0 amide bonds. The maximum atomic E-state index is 14.3. The van der Waals surface area contributed by atoms with Gasteiger partial charge in [0.15, 0.2) is 11.1 Å². The minimum absolute atomic E-state index is 0.0663. The number of alkyl halides is 3. The van der Waals surface area contributed by atoms with Crippen LogP contribution in [0.1, 0.15) is 11.3 Å². The van der Waals surface area contributed by atoms with Crippen LogP contribution in [0.25, 0.3) is 16.7 Å². The van der Waals surface area contributed by atoms with Crippen molar-refractivity contribution in [1.82, 2.24) is 9.55 Å². The van der Waals surface area contributed by atoms with Crippen molar-refractivity contribution in [3.63, 3.8) is 0 Å². The molecule has 0 atom stereocenters. The summed E-state index contributed by atoms with van der Waals surface area (Å²) >= 11 is 0. The van der Waals surface area contributed by atoms with Crippen molar-refractivity contribution in [3.8, 4) is 5.69 Å². The number of fused-ring (bicyclic) bond motifs is 1. The lowest BCUT2D eigenvalue weighted by molar-refractivity contribution is -0.136. The van der Waals surface area contributed by atoms with Crippen LogP contribution >= 0.6 is 0 Å². The molecule has 0 spiro atoms. The average Bonchev–Trinajstić information content (AvgIpc) is 2.89. The van der Waals surface area contributed by atoms with Gasteiger partial charge in [-0.2, -0.15) is 13.2 Å². The molecule has 5 rings (SSSR count). The van der Waals surface area contributed by atoms with Gasteiger partial charge >= 0.3 is 6.18 Å². The van der Waals surface area contributed by atoms with Crippen molar-refractivity contribution in [3.05, 3.63) is 125 Å². The first kappa shape index (κ1) is 24.1. The largest absolute Gasteiger partial charge is 0.417 e.